The summed E-state index contributed by atoms with van der Waals surface area (Å²) >= 11 is 0. The molecule has 0 saturated heterocycles. The maximum Gasteiger partial charge on any atom is 0.321 e. The molecule has 112 valence electrons. The molecule has 1 fully saturated rings. The lowest BCUT2D eigenvalue weighted by molar-refractivity contribution is -0.607. The van der Waals surface area contributed by atoms with Gasteiger partial charge in [0.15, 0.2) is 6.20 Å². The van der Waals surface area contributed by atoms with E-state index in [0.29, 0.717) is 16.0 Å². The van der Waals surface area contributed by atoms with Crippen LogP contribution >= 0.6 is 0 Å². The Morgan fingerprint density at radius 2 is 1.77 bits per heavy atom. The van der Waals surface area contributed by atoms with Crippen LogP contribution in [0.5, 0.6) is 0 Å². The number of aromatic nitrogens is 1. The number of para-hydroxylation sites is 1. The predicted octanol–water partition coefficient (Wildman–Crippen LogP) is 1.46. The third kappa shape index (κ3) is 3.06. The zero-order chi connectivity index (χ0) is 15.5. The predicted molar refractivity (Wildman–Crippen MR) is 80.3 cm³/mol. The van der Waals surface area contributed by atoms with Crippen LogP contribution in [0.15, 0.2) is 48.7 Å². The third-order valence-corrected chi connectivity index (χ3v) is 3.39. The van der Waals surface area contributed by atoms with Crippen LogP contribution in [0.3, 0.4) is 0 Å². The van der Waals surface area contributed by atoms with E-state index in [1.54, 1.807) is 36.4 Å². The maximum absolute atomic E-state index is 12.2. The molecule has 0 unspecified atom stereocenters. The number of carbonyl (C=O) groups is 2. The van der Waals surface area contributed by atoms with E-state index in [2.05, 4.69) is 10.6 Å². The van der Waals surface area contributed by atoms with E-state index < -0.39 is 5.91 Å². The van der Waals surface area contributed by atoms with Crippen molar-refractivity contribution < 1.29 is 14.3 Å². The van der Waals surface area contributed by atoms with Crippen LogP contribution in [0.25, 0.3) is 0 Å². The van der Waals surface area contributed by atoms with Gasteiger partial charge in [0.2, 0.25) is 0 Å². The van der Waals surface area contributed by atoms with Gasteiger partial charge in [-0.2, -0.15) is 4.73 Å². The molecule has 0 radical (unpaired) electrons. The lowest BCUT2D eigenvalue weighted by Crippen LogP contribution is -2.36. The van der Waals surface area contributed by atoms with Gasteiger partial charge in [0.25, 0.3) is 11.6 Å². The maximum atomic E-state index is 12.2. The molecule has 1 aromatic carbocycles. The summed E-state index contributed by atoms with van der Waals surface area (Å²) in [6.07, 6.45) is 3.22. The fraction of sp³-hybridized carbons (Fsp3) is 0.188. The molecule has 6 nitrogen and oxygen atoms in total. The van der Waals surface area contributed by atoms with Gasteiger partial charge >= 0.3 is 5.91 Å². The van der Waals surface area contributed by atoms with Crippen LogP contribution < -0.4 is 15.4 Å². The molecule has 1 heterocycles. The van der Waals surface area contributed by atoms with E-state index in [1.165, 1.54) is 12.3 Å². The first-order chi connectivity index (χ1) is 10.6. The van der Waals surface area contributed by atoms with Crippen molar-refractivity contribution in [3.8, 4) is 0 Å². The monoisotopic (exact) mass is 297 g/mol. The largest absolute Gasteiger partial charge is 0.618 e. The summed E-state index contributed by atoms with van der Waals surface area (Å²) in [5.41, 5.74) is 0.741. The average Bonchev–Trinajstić information content (AvgIpc) is 3.32. The zero-order valence-corrected chi connectivity index (χ0v) is 11.8. The molecule has 3 rings (SSSR count). The summed E-state index contributed by atoms with van der Waals surface area (Å²) in [7, 11) is 0. The average molecular weight is 297 g/mol. The van der Waals surface area contributed by atoms with Gasteiger partial charge in [-0.1, -0.05) is 12.1 Å². The van der Waals surface area contributed by atoms with Gasteiger partial charge in [0.05, 0.1) is 11.3 Å². The summed E-state index contributed by atoms with van der Waals surface area (Å²) in [6.45, 7) is 0. The molecule has 1 aliphatic carbocycles. The number of rotatable bonds is 4. The highest BCUT2D eigenvalue weighted by atomic mass is 16.5. The number of hydrogen-bond acceptors (Lipinski definition) is 3. The molecule has 2 aromatic rings. The van der Waals surface area contributed by atoms with Crippen molar-refractivity contribution in [2.75, 3.05) is 5.32 Å². The second-order valence-electron chi connectivity index (χ2n) is 5.16. The molecule has 0 aliphatic heterocycles. The molecule has 6 heteroatoms. The minimum absolute atomic E-state index is 0.0279. The summed E-state index contributed by atoms with van der Waals surface area (Å²) < 4.78 is 0.488. The Kier molecular flexibility index (Phi) is 3.74. The van der Waals surface area contributed by atoms with Crippen LogP contribution in [0.2, 0.25) is 0 Å². The highest BCUT2D eigenvalue weighted by Crippen LogP contribution is 2.21. The highest BCUT2D eigenvalue weighted by molar-refractivity contribution is 6.07. The number of carbonyl (C=O) groups excluding carboxylic acids is 2. The molecular formula is C16H15N3O3. The summed E-state index contributed by atoms with van der Waals surface area (Å²) in [5, 5.41) is 17.1. The van der Waals surface area contributed by atoms with Crippen molar-refractivity contribution in [3.63, 3.8) is 0 Å². The van der Waals surface area contributed by atoms with Gasteiger partial charge < -0.3 is 15.8 Å². The van der Waals surface area contributed by atoms with Gasteiger partial charge in [0.1, 0.15) is 0 Å². The fourth-order valence-electron chi connectivity index (χ4n) is 2.07. The van der Waals surface area contributed by atoms with Gasteiger partial charge in [0, 0.05) is 18.2 Å². The quantitative estimate of drug-likeness (QED) is 0.662. The molecule has 2 N–H and O–H groups in total. The van der Waals surface area contributed by atoms with Crippen molar-refractivity contribution in [1.29, 1.82) is 0 Å². The van der Waals surface area contributed by atoms with Crippen LogP contribution in [-0.4, -0.2) is 17.9 Å². The molecule has 0 atom stereocenters. The van der Waals surface area contributed by atoms with Crippen molar-refractivity contribution >= 4 is 17.5 Å². The second kappa shape index (κ2) is 5.85. The fourth-order valence-corrected chi connectivity index (χ4v) is 2.07. The van der Waals surface area contributed by atoms with Crippen LogP contribution in [0, 0.1) is 5.21 Å². The van der Waals surface area contributed by atoms with E-state index >= 15 is 0 Å². The van der Waals surface area contributed by atoms with E-state index in [4.69, 9.17) is 0 Å². The van der Waals surface area contributed by atoms with Gasteiger partial charge in [-0.05, 0) is 31.0 Å². The van der Waals surface area contributed by atoms with Crippen molar-refractivity contribution in [2.45, 2.75) is 18.9 Å². The highest BCUT2D eigenvalue weighted by Gasteiger charge is 2.25. The normalized spacial score (nSPS) is 13.5. The van der Waals surface area contributed by atoms with Gasteiger partial charge in [-0.25, -0.2) is 0 Å². The van der Waals surface area contributed by atoms with Gasteiger partial charge in [-0.3, -0.25) is 9.59 Å². The number of hydrogen-bond donors (Lipinski definition) is 2. The second-order valence-corrected chi connectivity index (χ2v) is 5.16. The number of nitrogens with zero attached hydrogens (tertiary/aromatic N) is 1. The Bertz CT molecular complexity index is 726. The molecule has 0 bridgehead atoms. The molecule has 1 aliphatic rings. The van der Waals surface area contributed by atoms with Crippen molar-refractivity contribution in [2.24, 2.45) is 0 Å². The first kappa shape index (κ1) is 14.1. The van der Waals surface area contributed by atoms with E-state index in [1.807, 2.05) is 0 Å². The SMILES string of the molecule is O=C(NC1CC1)c1ccccc1NC(=O)c1cccc[n+]1[O-]. The summed E-state index contributed by atoms with van der Waals surface area (Å²) in [5.74, 6) is -0.774. The Labute approximate surface area is 127 Å². The standard InChI is InChI=1S/C16H15N3O3/c20-15(17-11-8-9-11)12-5-1-2-6-13(12)18-16(21)14-7-3-4-10-19(14)22/h1-7,10-11H,8-9H2,(H,17,20)(H,18,21). The van der Waals surface area contributed by atoms with Crippen LogP contribution in [0.1, 0.15) is 33.7 Å². The summed E-state index contributed by atoms with van der Waals surface area (Å²) in [6, 6.07) is 11.5. The number of amides is 2. The van der Waals surface area contributed by atoms with Crippen LogP contribution in [-0.2, 0) is 0 Å². The molecule has 1 saturated carbocycles. The lowest BCUT2D eigenvalue weighted by atomic mass is 10.1. The number of anilines is 1. The molecular weight excluding hydrogens is 282 g/mol. The molecule has 22 heavy (non-hydrogen) atoms. The minimum atomic E-state index is -0.553. The van der Waals surface area contributed by atoms with E-state index in [0.717, 1.165) is 12.8 Å². The first-order valence-electron chi connectivity index (χ1n) is 7.04. The Hall–Kier alpha value is -2.89. The topological polar surface area (TPSA) is 85.1 Å². The van der Waals surface area contributed by atoms with Crippen molar-refractivity contribution in [3.05, 3.63) is 65.1 Å². The zero-order valence-electron chi connectivity index (χ0n) is 11.8. The Balaban J connectivity index is 1.81. The van der Waals surface area contributed by atoms with E-state index in [-0.39, 0.29) is 17.6 Å². The first-order valence-corrected chi connectivity index (χ1v) is 7.04. The van der Waals surface area contributed by atoms with Crippen molar-refractivity contribution in [1.82, 2.24) is 5.32 Å². The summed E-state index contributed by atoms with van der Waals surface area (Å²) in [4.78, 5) is 24.4. The number of benzene rings is 1. The number of pyridine rings is 1. The Morgan fingerprint density at radius 3 is 2.50 bits per heavy atom. The van der Waals surface area contributed by atoms with E-state index in [9.17, 15) is 14.8 Å². The molecule has 2 amide bonds. The van der Waals surface area contributed by atoms with Crippen LogP contribution in [0.4, 0.5) is 5.69 Å². The third-order valence-electron chi connectivity index (χ3n) is 3.39. The lowest BCUT2D eigenvalue weighted by Gasteiger charge is -2.11. The molecule has 1 aromatic heterocycles. The molecule has 0 spiro atoms. The number of nitrogens with one attached hydrogen (secondary N) is 2. The smallest absolute Gasteiger partial charge is 0.321 e. The Morgan fingerprint density at radius 1 is 1.05 bits per heavy atom. The van der Waals surface area contributed by atoms with Gasteiger partial charge in [-0.15, -0.1) is 0 Å². The minimum Gasteiger partial charge on any atom is -0.618 e.